The number of hydrogen-bond donors (Lipinski definition) is 1. The lowest BCUT2D eigenvalue weighted by atomic mass is 10.3. The van der Waals surface area contributed by atoms with Gasteiger partial charge in [0.2, 0.25) is 5.91 Å². The number of ether oxygens (including phenoxy) is 2. The first-order valence-corrected chi connectivity index (χ1v) is 7.72. The predicted octanol–water partition coefficient (Wildman–Crippen LogP) is 2.88. The first kappa shape index (κ1) is 15.4. The maximum Gasteiger partial charge on any atom is 0.223 e. The highest BCUT2D eigenvalue weighted by molar-refractivity contribution is 7.09. The molecule has 0 saturated heterocycles. The average molecular weight is 305 g/mol. The summed E-state index contributed by atoms with van der Waals surface area (Å²) in [4.78, 5) is 13.0. The second-order valence-electron chi connectivity index (χ2n) is 4.43. The predicted molar refractivity (Wildman–Crippen MR) is 84.1 cm³/mol. The Morgan fingerprint density at radius 3 is 2.71 bits per heavy atom. The molecule has 0 saturated carbocycles. The Balaban J connectivity index is 1.65. The maximum absolute atomic E-state index is 11.7. The van der Waals surface area contributed by atoms with Crippen LogP contribution in [0.1, 0.15) is 11.3 Å². The van der Waals surface area contributed by atoms with E-state index in [2.05, 4.69) is 11.4 Å². The molecule has 0 bridgehead atoms. The van der Waals surface area contributed by atoms with E-state index in [4.69, 9.17) is 9.47 Å². The van der Waals surface area contributed by atoms with Gasteiger partial charge in [-0.05, 0) is 30.0 Å². The topological polar surface area (TPSA) is 47.6 Å². The minimum absolute atomic E-state index is 0.00135. The summed E-state index contributed by atoms with van der Waals surface area (Å²) in [5, 5.41) is 4.93. The number of nitrogens with one attached hydrogen (secondary N) is 1. The number of benzene rings is 1. The largest absolute Gasteiger partial charge is 0.493 e. The summed E-state index contributed by atoms with van der Waals surface area (Å²) >= 11 is 1.70. The highest BCUT2D eigenvalue weighted by atomic mass is 32.1. The van der Waals surface area contributed by atoms with Crippen LogP contribution in [0.2, 0.25) is 0 Å². The Morgan fingerprint density at radius 2 is 2.00 bits per heavy atom. The number of rotatable bonds is 8. The third-order valence-electron chi connectivity index (χ3n) is 2.93. The van der Waals surface area contributed by atoms with E-state index in [0.29, 0.717) is 31.1 Å². The molecule has 0 fully saturated rings. The first-order valence-electron chi connectivity index (χ1n) is 6.84. The fourth-order valence-electron chi connectivity index (χ4n) is 1.86. The zero-order valence-corrected chi connectivity index (χ0v) is 12.8. The van der Waals surface area contributed by atoms with Gasteiger partial charge in [0.1, 0.15) is 0 Å². The van der Waals surface area contributed by atoms with Gasteiger partial charge in [-0.15, -0.1) is 11.3 Å². The van der Waals surface area contributed by atoms with Crippen molar-refractivity contribution in [2.75, 3.05) is 20.3 Å². The molecule has 4 nitrogen and oxygen atoms in total. The van der Waals surface area contributed by atoms with Gasteiger partial charge in [0.05, 0.1) is 20.1 Å². The van der Waals surface area contributed by atoms with Crippen molar-refractivity contribution in [2.45, 2.75) is 12.8 Å². The average Bonchev–Trinajstić information content (AvgIpc) is 3.01. The molecule has 2 aromatic rings. The molecule has 0 aliphatic rings. The lowest BCUT2D eigenvalue weighted by molar-refractivity contribution is -0.121. The molecular weight excluding hydrogens is 286 g/mol. The van der Waals surface area contributed by atoms with Gasteiger partial charge in [-0.3, -0.25) is 4.79 Å². The van der Waals surface area contributed by atoms with Crippen molar-refractivity contribution in [3.05, 3.63) is 46.7 Å². The van der Waals surface area contributed by atoms with Crippen molar-refractivity contribution >= 4 is 17.2 Å². The number of para-hydroxylation sites is 2. The van der Waals surface area contributed by atoms with E-state index in [1.165, 1.54) is 4.88 Å². The third-order valence-corrected chi connectivity index (χ3v) is 3.87. The molecule has 0 unspecified atom stereocenters. The Kier molecular flexibility index (Phi) is 6.09. The number of methoxy groups -OCH3 is 1. The third kappa shape index (κ3) is 5.11. The van der Waals surface area contributed by atoms with E-state index < -0.39 is 0 Å². The summed E-state index contributed by atoms with van der Waals surface area (Å²) in [6, 6.07) is 11.5. The van der Waals surface area contributed by atoms with E-state index >= 15 is 0 Å². The summed E-state index contributed by atoms with van der Waals surface area (Å²) in [7, 11) is 1.60. The number of amides is 1. The minimum atomic E-state index is 0.00135. The molecule has 0 radical (unpaired) electrons. The molecular formula is C16H19NO3S. The molecule has 0 atom stereocenters. The van der Waals surface area contributed by atoms with Crippen molar-refractivity contribution in [1.82, 2.24) is 5.32 Å². The van der Waals surface area contributed by atoms with Crippen molar-refractivity contribution in [3.63, 3.8) is 0 Å². The minimum Gasteiger partial charge on any atom is -0.493 e. The Labute approximate surface area is 128 Å². The molecule has 0 spiro atoms. The van der Waals surface area contributed by atoms with Crippen molar-refractivity contribution in [3.8, 4) is 11.5 Å². The molecule has 1 amide bonds. The van der Waals surface area contributed by atoms with E-state index in [1.54, 1.807) is 18.4 Å². The molecule has 0 aliphatic carbocycles. The highest BCUT2D eigenvalue weighted by Gasteiger charge is 2.05. The number of carbonyl (C=O) groups is 1. The monoisotopic (exact) mass is 305 g/mol. The van der Waals surface area contributed by atoms with Crippen LogP contribution in [0.4, 0.5) is 0 Å². The fraction of sp³-hybridized carbons (Fsp3) is 0.312. The smallest absolute Gasteiger partial charge is 0.223 e. The molecule has 5 heteroatoms. The Hall–Kier alpha value is -2.01. The summed E-state index contributed by atoms with van der Waals surface area (Å²) in [5.41, 5.74) is 0. The molecule has 1 aromatic carbocycles. The lowest BCUT2D eigenvalue weighted by Crippen LogP contribution is -2.26. The van der Waals surface area contributed by atoms with Gasteiger partial charge in [-0.2, -0.15) is 0 Å². The zero-order valence-electron chi connectivity index (χ0n) is 12.0. The van der Waals surface area contributed by atoms with Gasteiger partial charge in [0.25, 0.3) is 0 Å². The Morgan fingerprint density at radius 1 is 1.19 bits per heavy atom. The van der Waals surface area contributed by atoms with Crippen LogP contribution in [0.3, 0.4) is 0 Å². The van der Waals surface area contributed by atoms with Gasteiger partial charge >= 0.3 is 0 Å². The van der Waals surface area contributed by atoms with E-state index in [-0.39, 0.29) is 5.91 Å². The van der Waals surface area contributed by atoms with Gasteiger partial charge in [-0.25, -0.2) is 0 Å². The molecule has 1 heterocycles. The first-order chi connectivity index (χ1) is 10.3. The maximum atomic E-state index is 11.7. The summed E-state index contributed by atoms with van der Waals surface area (Å²) in [5.74, 6) is 1.34. The van der Waals surface area contributed by atoms with Crippen LogP contribution in [0, 0.1) is 0 Å². The number of carbonyl (C=O) groups excluding carboxylic acids is 1. The standard InChI is InChI=1S/C16H19NO3S/c1-19-14-6-2-3-7-15(14)20-11-9-16(18)17-10-8-13-5-4-12-21-13/h2-7,12H,8-11H2,1H3,(H,17,18). The van der Waals surface area contributed by atoms with Crippen LogP contribution in [0.5, 0.6) is 11.5 Å². The summed E-state index contributed by atoms with van der Waals surface area (Å²) in [6.07, 6.45) is 1.21. The second-order valence-corrected chi connectivity index (χ2v) is 5.46. The molecule has 112 valence electrons. The Bertz CT molecular complexity index is 554. The SMILES string of the molecule is COc1ccccc1OCCC(=O)NCCc1cccs1. The van der Waals surface area contributed by atoms with Crippen LogP contribution in [0.15, 0.2) is 41.8 Å². The van der Waals surface area contributed by atoms with E-state index in [0.717, 1.165) is 6.42 Å². The molecule has 1 aromatic heterocycles. The highest BCUT2D eigenvalue weighted by Crippen LogP contribution is 2.25. The van der Waals surface area contributed by atoms with Gasteiger partial charge in [-0.1, -0.05) is 18.2 Å². The zero-order chi connectivity index (χ0) is 14.9. The normalized spacial score (nSPS) is 10.1. The van der Waals surface area contributed by atoms with Gasteiger partial charge in [0, 0.05) is 11.4 Å². The van der Waals surface area contributed by atoms with Crippen molar-refractivity contribution < 1.29 is 14.3 Å². The van der Waals surface area contributed by atoms with Gasteiger partial charge < -0.3 is 14.8 Å². The molecule has 1 N–H and O–H groups in total. The quantitative estimate of drug-likeness (QED) is 0.816. The number of thiophene rings is 1. The molecule has 0 aliphatic heterocycles. The summed E-state index contributed by atoms with van der Waals surface area (Å²) < 4.78 is 10.8. The van der Waals surface area contributed by atoms with Crippen LogP contribution in [0.25, 0.3) is 0 Å². The van der Waals surface area contributed by atoms with Crippen molar-refractivity contribution in [1.29, 1.82) is 0 Å². The second kappa shape index (κ2) is 8.32. The van der Waals surface area contributed by atoms with Crippen LogP contribution < -0.4 is 14.8 Å². The fourth-order valence-corrected chi connectivity index (χ4v) is 2.57. The molecule has 2 rings (SSSR count). The van der Waals surface area contributed by atoms with E-state index in [1.807, 2.05) is 35.7 Å². The van der Waals surface area contributed by atoms with Gasteiger partial charge in [0.15, 0.2) is 11.5 Å². The summed E-state index contributed by atoms with van der Waals surface area (Å²) in [6.45, 7) is 0.999. The molecule has 21 heavy (non-hydrogen) atoms. The number of hydrogen-bond acceptors (Lipinski definition) is 4. The van der Waals surface area contributed by atoms with Crippen LogP contribution in [-0.2, 0) is 11.2 Å². The van der Waals surface area contributed by atoms with E-state index in [9.17, 15) is 4.79 Å². The van der Waals surface area contributed by atoms with Crippen molar-refractivity contribution in [2.24, 2.45) is 0 Å². The van der Waals surface area contributed by atoms with Crippen LogP contribution in [-0.4, -0.2) is 26.2 Å². The van der Waals surface area contributed by atoms with Crippen LogP contribution >= 0.6 is 11.3 Å². The lowest BCUT2D eigenvalue weighted by Gasteiger charge is -2.10.